The largest absolute Gasteiger partial charge is 0.368 e. The van der Waals surface area contributed by atoms with Gasteiger partial charge in [0.25, 0.3) is 0 Å². The highest BCUT2D eigenvalue weighted by atomic mass is 19.1. The van der Waals surface area contributed by atoms with E-state index in [-0.39, 0.29) is 5.95 Å². The van der Waals surface area contributed by atoms with E-state index >= 15 is 0 Å². The number of anilines is 1. The maximum absolute atomic E-state index is 12.9. The van der Waals surface area contributed by atoms with E-state index in [2.05, 4.69) is 9.97 Å². The van der Waals surface area contributed by atoms with E-state index in [1.54, 1.807) is 6.07 Å². The lowest BCUT2D eigenvalue weighted by atomic mass is 10.1. The molecule has 0 saturated carbocycles. The van der Waals surface area contributed by atoms with Crippen LogP contribution in [0.1, 0.15) is 11.3 Å². The van der Waals surface area contributed by atoms with Crippen LogP contribution < -0.4 is 5.73 Å². The predicted molar refractivity (Wildman–Crippen MR) is 55.6 cm³/mol. The Bertz CT molecular complexity index is 494. The van der Waals surface area contributed by atoms with Crippen LogP contribution in [0.3, 0.4) is 0 Å². The van der Waals surface area contributed by atoms with Crippen molar-refractivity contribution in [2.45, 2.75) is 6.42 Å². The van der Waals surface area contributed by atoms with Crippen LogP contribution in [0.2, 0.25) is 0 Å². The van der Waals surface area contributed by atoms with Gasteiger partial charge in [-0.2, -0.15) is 0 Å². The van der Waals surface area contributed by atoms with Gasteiger partial charge >= 0.3 is 0 Å². The average Bonchev–Trinajstić information content (AvgIpc) is 2.15. The Morgan fingerprint density at radius 1 is 1.12 bits per heavy atom. The maximum atomic E-state index is 12.9. The first-order valence-electron chi connectivity index (χ1n) is 4.66. The Morgan fingerprint density at radius 3 is 2.44 bits per heavy atom. The Morgan fingerprint density at radius 2 is 1.81 bits per heavy atom. The molecule has 1 aromatic heterocycles. The first-order chi connectivity index (χ1) is 7.63. The number of hydrogen-bond acceptors (Lipinski definition) is 3. The van der Waals surface area contributed by atoms with Gasteiger partial charge < -0.3 is 5.73 Å². The monoisotopic (exact) mass is 221 g/mol. The number of nitrogens with two attached hydrogens (primary N) is 1. The Balaban J connectivity index is 2.27. The van der Waals surface area contributed by atoms with Crippen molar-refractivity contribution in [3.63, 3.8) is 0 Å². The second-order valence-corrected chi connectivity index (χ2v) is 3.36. The van der Waals surface area contributed by atoms with Gasteiger partial charge in [0.05, 0.1) is 5.69 Å². The molecule has 0 fully saturated rings. The Labute approximate surface area is 91.0 Å². The molecular weight excluding hydrogens is 212 g/mol. The van der Waals surface area contributed by atoms with Crippen molar-refractivity contribution in [1.29, 1.82) is 0 Å². The van der Waals surface area contributed by atoms with Crippen LogP contribution in [0.5, 0.6) is 0 Å². The van der Waals surface area contributed by atoms with Crippen LogP contribution in [0.25, 0.3) is 0 Å². The van der Waals surface area contributed by atoms with E-state index in [1.165, 1.54) is 18.3 Å². The van der Waals surface area contributed by atoms with Crippen molar-refractivity contribution >= 4 is 5.95 Å². The molecule has 0 amide bonds. The third kappa shape index (κ3) is 2.50. The molecule has 16 heavy (non-hydrogen) atoms. The molecule has 0 bridgehead atoms. The number of rotatable bonds is 2. The molecule has 2 rings (SSSR count). The summed E-state index contributed by atoms with van der Waals surface area (Å²) in [6.07, 6.45) is 1.83. The minimum absolute atomic E-state index is 0.148. The summed E-state index contributed by atoms with van der Waals surface area (Å²) in [5.74, 6) is -1.05. The highest BCUT2D eigenvalue weighted by molar-refractivity contribution is 5.25. The third-order valence-corrected chi connectivity index (χ3v) is 2.04. The highest BCUT2D eigenvalue weighted by Gasteiger charge is 2.03. The lowest BCUT2D eigenvalue weighted by molar-refractivity contribution is 0.580. The molecule has 2 N–H and O–H groups in total. The van der Waals surface area contributed by atoms with Crippen molar-refractivity contribution in [2.75, 3.05) is 5.73 Å². The van der Waals surface area contributed by atoms with E-state index < -0.39 is 11.6 Å². The minimum Gasteiger partial charge on any atom is -0.368 e. The SMILES string of the molecule is Nc1nccc(Cc2cc(F)cc(F)c2)n1. The molecule has 2 aromatic rings. The third-order valence-electron chi connectivity index (χ3n) is 2.04. The van der Waals surface area contributed by atoms with Crippen molar-refractivity contribution in [1.82, 2.24) is 9.97 Å². The topological polar surface area (TPSA) is 51.8 Å². The molecule has 0 aliphatic carbocycles. The van der Waals surface area contributed by atoms with Gasteiger partial charge in [0.15, 0.2) is 0 Å². The lowest BCUT2D eigenvalue weighted by Gasteiger charge is -2.02. The van der Waals surface area contributed by atoms with Crippen LogP contribution in [-0.2, 0) is 6.42 Å². The van der Waals surface area contributed by atoms with Crippen molar-refractivity contribution < 1.29 is 8.78 Å². The molecular formula is C11H9F2N3. The molecule has 0 spiro atoms. The van der Waals surface area contributed by atoms with E-state index in [0.29, 0.717) is 17.7 Å². The molecule has 1 aromatic carbocycles. The fraction of sp³-hybridized carbons (Fsp3) is 0.0909. The first-order valence-corrected chi connectivity index (χ1v) is 4.66. The molecule has 0 atom stereocenters. The van der Waals surface area contributed by atoms with Gasteiger partial charge in [0, 0.05) is 18.7 Å². The zero-order chi connectivity index (χ0) is 11.5. The van der Waals surface area contributed by atoms with E-state index in [0.717, 1.165) is 6.07 Å². The van der Waals surface area contributed by atoms with E-state index in [9.17, 15) is 8.78 Å². The number of benzene rings is 1. The van der Waals surface area contributed by atoms with Gasteiger partial charge in [-0.3, -0.25) is 0 Å². The second-order valence-electron chi connectivity index (χ2n) is 3.36. The summed E-state index contributed by atoms with van der Waals surface area (Å²) in [4.78, 5) is 7.68. The summed E-state index contributed by atoms with van der Waals surface area (Å²) in [5.41, 5.74) is 6.53. The van der Waals surface area contributed by atoms with Gasteiger partial charge in [0.2, 0.25) is 5.95 Å². The molecule has 82 valence electrons. The van der Waals surface area contributed by atoms with Crippen LogP contribution in [-0.4, -0.2) is 9.97 Å². The molecule has 0 aliphatic rings. The van der Waals surface area contributed by atoms with Gasteiger partial charge in [-0.15, -0.1) is 0 Å². The molecule has 3 nitrogen and oxygen atoms in total. The van der Waals surface area contributed by atoms with E-state index in [4.69, 9.17) is 5.73 Å². The number of halogens is 2. The van der Waals surface area contributed by atoms with Gasteiger partial charge in [0.1, 0.15) is 11.6 Å². The van der Waals surface area contributed by atoms with Crippen LogP contribution >= 0.6 is 0 Å². The fourth-order valence-corrected chi connectivity index (χ4v) is 1.43. The zero-order valence-electron chi connectivity index (χ0n) is 8.32. The maximum Gasteiger partial charge on any atom is 0.220 e. The summed E-state index contributed by atoms with van der Waals surface area (Å²) in [6.45, 7) is 0. The van der Waals surface area contributed by atoms with E-state index in [1.807, 2.05) is 0 Å². The summed E-state index contributed by atoms with van der Waals surface area (Å²) < 4.78 is 25.8. The summed E-state index contributed by atoms with van der Waals surface area (Å²) in [5, 5.41) is 0. The van der Waals surface area contributed by atoms with Crippen molar-refractivity contribution in [2.24, 2.45) is 0 Å². The highest BCUT2D eigenvalue weighted by Crippen LogP contribution is 2.12. The Hall–Kier alpha value is -2.04. The Kier molecular flexibility index (Phi) is 2.76. The number of hydrogen-bond donors (Lipinski definition) is 1. The number of nitrogen functional groups attached to an aromatic ring is 1. The quantitative estimate of drug-likeness (QED) is 0.842. The standard InChI is InChI=1S/C11H9F2N3/c12-8-3-7(4-9(13)6-8)5-10-1-2-15-11(14)16-10/h1-4,6H,5H2,(H2,14,15,16). The molecule has 1 heterocycles. The van der Waals surface area contributed by atoms with Gasteiger partial charge in [-0.1, -0.05) is 0 Å². The molecule has 0 aliphatic heterocycles. The fourth-order valence-electron chi connectivity index (χ4n) is 1.43. The zero-order valence-corrected chi connectivity index (χ0v) is 8.32. The van der Waals surface area contributed by atoms with Crippen LogP contribution in [0, 0.1) is 11.6 Å². The second kappa shape index (κ2) is 4.22. The number of aromatic nitrogens is 2. The van der Waals surface area contributed by atoms with Crippen LogP contribution in [0.4, 0.5) is 14.7 Å². The summed E-state index contributed by atoms with van der Waals surface area (Å²) >= 11 is 0. The smallest absolute Gasteiger partial charge is 0.220 e. The van der Waals surface area contributed by atoms with Crippen molar-refractivity contribution in [3.05, 3.63) is 53.4 Å². The molecule has 0 unspecified atom stereocenters. The molecule has 0 saturated heterocycles. The lowest BCUT2D eigenvalue weighted by Crippen LogP contribution is -1.99. The number of nitrogens with zero attached hydrogens (tertiary/aromatic N) is 2. The first kappa shape index (κ1) is 10.5. The van der Waals surface area contributed by atoms with Gasteiger partial charge in [-0.05, 0) is 23.8 Å². The van der Waals surface area contributed by atoms with Crippen LogP contribution in [0.15, 0.2) is 30.5 Å². The molecule has 5 heteroatoms. The summed E-state index contributed by atoms with van der Waals surface area (Å²) in [7, 11) is 0. The van der Waals surface area contributed by atoms with Gasteiger partial charge in [-0.25, -0.2) is 18.7 Å². The summed E-state index contributed by atoms with van der Waals surface area (Å²) in [6, 6.07) is 5.01. The normalized spacial score (nSPS) is 10.4. The predicted octanol–water partition coefficient (Wildman–Crippen LogP) is 1.93. The minimum atomic E-state index is -0.600. The average molecular weight is 221 g/mol. The van der Waals surface area contributed by atoms with Crippen molar-refractivity contribution in [3.8, 4) is 0 Å². The molecule has 0 radical (unpaired) electrons.